The minimum atomic E-state index is -4.10. The third-order valence-electron chi connectivity index (χ3n) is 6.73. The zero-order valence-electron chi connectivity index (χ0n) is 26.6. The van der Waals surface area contributed by atoms with Crippen molar-refractivity contribution in [3.63, 3.8) is 0 Å². The maximum Gasteiger partial charge on any atom is 0.344 e. The van der Waals surface area contributed by atoms with E-state index in [0.29, 0.717) is 45.1 Å². The number of esters is 1. The quantitative estimate of drug-likeness (QED) is 0.0724. The molecule has 0 saturated carbocycles. The Kier molecular flexibility index (Phi) is 17.5. The summed E-state index contributed by atoms with van der Waals surface area (Å²) in [6, 6.07) is 7.22. The van der Waals surface area contributed by atoms with Crippen molar-refractivity contribution < 1.29 is 57.6 Å². The van der Waals surface area contributed by atoms with Crippen LogP contribution in [0, 0.1) is 17.1 Å². The summed E-state index contributed by atoms with van der Waals surface area (Å²) in [5.74, 6) is -3.43. The van der Waals surface area contributed by atoms with Crippen molar-refractivity contribution in [2.75, 3.05) is 30.9 Å². The standard InChI is InChI=1S/C21H23ClFNO5.C7H3Br2NO.C3H8NO5P/c1-2-3-6-9-28-19(25)12-29-18-11-17(16(23)10-15(18)22)24-20(26)13-7-4-5-8-14(13)21(24)27;8-5-1-4(3-10)2-6(9)7(5)11;5-3(6)1-4-2-10(7,8)9/h10-11H,2-9,12H2,1H3;1-2,11H;4H,1-2H2,(H,5,6)(H2,7,8,9). The van der Waals surface area contributed by atoms with Gasteiger partial charge < -0.3 is 29.5 Å². The van der Waals surface area contributed by atoms with Gasteiger partial charge in [-0.15, -0.1) is 0 Å². The summed E-state index contributed by atoms with van der Waals surface area (Å²) in [5, 5.41) is 27.7. The molecule has 2 amide bonds. The third-order valence-corrected chi connectivity index (χ3v) is 8.87. The van der Waals surface area contributed by atoms with Crippen LogP contribution in [0.2, 0.25) is 5.02 Å². The predicted molar refractivity (Wildman–Crippen MR) is 186 cm³/mol. The van der Waals surface area contributed by atoms with E-state index in [2.05, 4.69) is 37.2 Å². The number of carbonyl (C=O) groups excluding carboxylic acids is 3. The van der Waals surface area contributed by atoms with E-state index < -0.39 is 56.6 Å². The Morgan fingerprint density at radius 1 is 1.08 bits per heavy atom. The molecule has 1 aliphatic carbocycles. The first-order valence-corrected chi connectivity index (χ1v) is 18.7. The van der Waals surface area contributed by atoms with E-state index in [1.807, 2.05) is 13.0 Å². The molecule has 1 heterocycles. The van der Waals surface area contributed by atoms with Crippen molar-refractivity contribution in [2.45, 2.75) is 51.9 Å². The molecule has 0 saturated heterocycles. The molecule has 0 aromatic heterocycles. The molecule has 0 bridgehead atoms. The first-order valence-electron chi connectivity index (χ1n) is 14.9. The Bertz CT molecular complexity index is 1660. The van der Waals surface area contributed by atoms with Crippen molar-refractivity contribution in [2.24, 2.45) is 0 Å². The molecule has 2 aromatic carbocycles. The number of nitrogens with one attached hydrogen (secondary N) is 1. The third kappa shape index (κ3) is 13.4. The second-order valence-corrected chi connectivity index (χ2v) is 14.4. The number of hydrogen-bond donors (Lipinski definition) is 5. The number of anilines is 1. The maximum absolute atomic E-state index is 14.5. The normalized spacial score (nSPS) is 13.8. The smallest absolute Gasteiger partial charge is 0.344 e. The minimum Gasteiger partial charge on any atom is -0.506 e. The van der Waals surface area contributed by atoms with Gasteiger partial charge in [-0.3, -0.25) is 24.3 Å². The summed E-state index contributed by atoms with van der Waals surface area (Å²) in [6.45, 7) is 1.49. The number of rotatable bonds is 12. The van der Waals surface area contributed by atoms with E-state index in [9.17, 15) is 33.2 Å². The van der Waals surface area contributed by atoms with Crippen LogP contribution in [-0.4, -0.2) is 69.8 Å². The van der Waals surface area contributed by atoms with Gasteiger partial charge >= 0.3 is 19.5 Å². The van der Waals surface area contributed by atoms with Gasteiger partial charge in [-0.25, -0.2) is 14.1 Å². The Morgan fingerprint density at radius 3 is 2.16 bits per heavy atom. The summed E-state index contributed by atoms with van der Waals surface area (Å²) in [7, 11) is -4.10. The molecule has 1 aliphatic heterocycles. The lowest BCUT2D eigenvalue weighted by molar-refractivity contribution is -0.146. The zero-order valence-corrected chi connectivity index (χ0v) is 31.4. The number of imide groups is 1. The van der Waals surface area contributed by atoms with E-state index >= 15 is 0 Å². The number of unbranched alkanes of at least 4 members (excludes halogenated alkanes) is 2. The molecular weight excluding hydrogens is 836 g/mol. The lowest BCUT2D eigenvalue weighted by Crippen LogP contribution is -2.32. The predicted octanol–water partition coefficient (Wildman–Crippen LogP) is 5.92. The average Bonchev–Trinajstić information content (AvgIpc) is 3.30. The molecule has 19 heteroatoms. The van der Waals surface area contributed by atoms with Crippen LogP contribution < -0.4 is 15.0 Å². The zero-order chi connectivity index (χ0) is 37.6. The number of hydrogen-bond acceptors (Lipinski definition) is 10. The van der Waals surface area contributed by atoms with E-state index in [4.69, 9.17) is 41.2 Å². The average molecular weight is 870 g/mol. The van der Waals surface area contributed by atoms with Gasteiger partial charge in [0.25, 0.3) is 11.8 Å². The van der Waals surface area contributed by atoms with Crippen LogP contribution in [0.15, 0.2) is 44.4 Å². The van der Waals surface area contributed by atoms with Gasteiger partial charge in [0.15, 0.2) is 6.61 Å². The molecule has 4 rings (SSSR count). The Morgan fingerprint density at radius 2 is 1.66 bits per heavy atom. The van der Waals surface area contributed by atoms with Crippen LogP contribution in [-0.2, 0) is 28.5 Å². The highest BCUT2D eigenvalue weighted by atomic mass is 79.9. The number of benzene rings is 2. The Balaban J connectivity index is 0.000000337. The van der Waals surface area contributed by atoms with Crippen LogP contribution in [0.5, 0.6) is 11.5 Å². The number of nitriles is 1. The summed E-state index contributed by atoms with van der Waals surface area (Å²) < 4.78 is 36.0. The number of halogens is 4. The monoisotopic (exact) mass is 867 g/mol. The molecule has 272 valence electrons. The Hall–Kier alpha value is -3.36. The maximum atomic E-state index is 14.5. The molecule has 50 heavy (non-hydrogen) atoms. The largest absolute Gasteiger partial charge is 0.506 e. The van der Waals surface area contributed by atoms with Crippen molar-refractivity contribution in [3.05, 3.63) is 60.8 Å². The van der Waals surface area contributed by atoms with E-state index in [1.165, 1.54) is 6.07 Å². The fourth-order valence-electron chi connectivity index (χ4n) is 4.41. The van der Waals surface area contributed by atoms with Crippen LogP contribution in [0.3, 0.4) is 0 Å². The van der Waals surface area contributed by atoms with Gasteiger partial charge in [0.2, 0.25) is 0 Å². The van der Waals surface area contributed by atoms with Gasteiger partial charge in [-0.05, 0) is 82.2 Å². The minimum absolute atomic E-state index is 0.000883. The molecule has 0 radical (unpaired) electrons. The number of phenols is 1. The number of ether oxygens (including phenoxy) is 2. The highest BCUT2D eigenvalue weighted by molar-refractivity contribution is 9.11. The van der Waals surface area contributed by atoms with Crippen molar-refractivity contribution in [3.8, 4) is 17.6 Å². The number of carbonyl (C=O) groups is 4. The summed E-state index contributed by atoms with van der Waals surface area (Å²) in [4.78, 5) is 64.1. The molecule has 0 fully saturated rings. The molecule has 2 aliphatic rings. The summed E-state index contributed by atoms with van der Waals surface area (Å²) in [6.07, 6.45) is 4.80. The SMILES string of the molecule is CCCCCOC(=O)COc1cc(N2C(=O)C3=C(CCCC3)C2=O)c(F)cc1Cl.N#Cc1cc(Br)c(O)c(Br)c1.O=C(O)CNCP(=O)(O)O. The molecule has 5 N–H and O–H groups in total. The second kappa shape index (κ2) is 20.5. The van der Waals surface area contributed by atoms with Crippen LogP contribution >= 0.6 is 51.1 Å². The van der Waals surface area contributed by atoms with E-state index in [0.717, 1.165) is 43.1 Å². The molecule has 2 aromatic rings. The van der Waals surface area contributed by atoms with Crippen LogP contribution in [0.25, 0.3) is 0 Å². The fourth-order valence-corrected chi connectivity index (χ4v) is 6.21. The first kappa shape index (κ1) is 42.8. The molecular formula is C31H34Br2ClFN3O11P. The second-order valence-electron chi connectivity index (χ2n) is 10.6. The van der Waals surface area contributed by atoms with Crippen LogP contribution in [0.4, 0.5) is 10.1 Å². The lowest BCUT2D eigenvalue weighted by atomic mass is 9.93. The van der Waals surface area contributed by atoms with Gasteiger partial charge in [0.1, 0.15) is 17.3 Å². The Labute approximate surface area is 308 Å². The number of phenolic OH excluding ortho intramolecular Hbond substituents is 1. The van der Waals surface area contributed by atoms with Crippen LogP contribution in [0.1, 0.15) is 57.4 Å². The molecule has 0 spiro atoms. The fraction of sp³-hybridized carbons (Fsp3) is 0.387. The first-order chi connectivity index (χ1) is 23.5. The highest BCUT2D eigenvalue weighted by Crippen LogP contribution is 2.39. The van der Waals surface area contributed by atoms with E-state index in [-0.39, 0.29) is 22.2 Å². The number of amides is 2. The number of aromatic hydroxyl groups is 1. The number of carboxylic acids is 1. The lowest BCUT2D eigenvalue weighted by Gasteiger charge is -2.18. The molecule has 0 atom stereocenters. The van der Waals surface area contributed by atoms with Crippen molar-refractivity contribution in [1.82, 2.24) is 5.32 Å². The summed E-state index contributed by atoms with van der Waals surface area (Å²) in [5.41, 5.74) is 1.18. The highest BCUT2D eigenvalue weighted by Gasteiger charge is 2.41. The topological polar surface area (TPSA) is 224 Å². The number of aliphatic carboxylic acids is 1. The van der Waals surface area contributed by atoms with Crippen molar-refractivity contribution >= 4 is 80.5 Å². The number of nitrogens with zero attached hydrogens (tertiary/aromatic N) is 2. The van der Waals surface area contributed by atoms with Gasteiger partial charge in [-0.1, -0.05) is 31.4 Å². The van der Waals surface area contributed by atoms with E-state index in [1.54, 1.807) is 12.1 Å². The van der Waals surface area contributed by atoms with Gasteiger partial charge in [-0.2, -0.15) is 5.26 Å². The number of carboxylic acid groups (broad SMARTS) is 1. The summed E-state index contributed by atoms with van der Waals surface area (Å²) >= 11 is 12.2. The van der Waals surface area contributed by atoms with Crippen molar-refractivity contribution in [1.29, 1.82) is 5.26 Å². The molecule has 14 nitrogen and oxygen atoms in total. The van der Waals surface area contributed by atoms with Gasteiger partial charge in [0, 0.05) is 17.2 Å². The molecule has 0 unspecified atom stereocenters. The van der Waals surface area contributed by atoms with Gasteiger partial charge in [0.05, 0.1) is 50.7 Å².